The van der Waals surface area contributed by atoms with Crippen LogP contribution in [0.1, 0.15) is 47.3 Å². The van der Waals surface area contributed by atoms with Gasteiger partial charge >= 0.3 is 0 Å². The summed E-state index contributed by atoms with van der Waals surface area (Å²) in [6.07, 6.45) is 9.38. The molecule has 0 bridgehead atoms. The van der Waals surface area contributed by atoms with Crippen molar-refractivity contribution in [2.45, 2.75) is 65.0 Å². The van der Waals surface area contributed by atoms with E-state index >= 15 is 0 Å². The first kappa shape index (κ1) is 17.3. The van der Waals surface area contributed by atoms with E-state index in [-0.39, 0.29) is 31.2 Å². The molecule has 1 aromatic heterocycles. The molecule has 1 radical (unpaired) electrons. The van der Waals surface area contributed by atoms with Gasteiger partial charge in [-0.2, -0.15) is 0 Å². The van der Waals surface area contributed by atoms with Gasteiger partial charge in [0.2, 0.25) is 0 Å². The minimum atomic E-state index is -2.34. The van der Waals surface area contributed by atoms with Gasteiger partial charge in [0, 0.05) is 36.2 Å². The van der Waals surface area contributed by atoms with Gasteiger partial charge in [0.15, 0.2) is 0 Å². The predicted molar refractivity (Wildman–Crippen MR) is 106 cm³/mol. The van der Waals surface area contributed by atoms with E-state index in [0.717, 1.165) is 12.5 Å². The second-order valence-electron chi connectivity index (χ2n) is 8.30. The van der Waals surface area contributed by atoms with Gasteiger partial charge in [-0.05, 0) is 23.2 Å². The Kier molecular flexibility index (Phi) is 5.92. The third-order valence-electron chi connectivity index (χ3n) is 5.18. The second-order valence-corrected chi connectivity index (χ2v) is 13.3. The molecule has 2 aromatic rings. The fourth-order valence-corrected chi connectivity index (χ4v) is 5.44. The van der Waals surface area contributed by atoms with Crippen LogP contribution in [0.2, 0.25) is 19.6 Å². The zero-order chi connectivity index (χ0) is 20.5. The SMILES string of the molecule is [2H]C([2H])([2H])c1c[c-]c(-c2cc(CC3CCCCC3)c([Si](C)(C)C)cn2)c(F)c1.[Ir]. The Bertz CT molecular complexity index is 843. The number of pyridine rings is 1. The van der Waals surface area contributed by atoms with Crippen molar-refractivity contribution in [2.24, 2.45) is 5.92 Å². The maximum atomic E-state index is 14.7. The van der Waals surface area contributed by atoms with E-state index in [1.165, 1.54) is 48.9 Å². The molecule has 0 spiro atoms. The van der Waals surface area contributed by atoms with E-state index in [9.17, 15) is 4.39 Å². The first-order valence-electron chi connectivity index (χ1n) is 10.8. The Hall–Kier alpha value is -0.834. The van der Waals surface area contributed by atoms with E-state index in [0.29, 0.717) is 11.6 Å². The van der Waals surface area contributed by atoms with Gasteiger partial charge < -0.3 is 4.98 Å². The quantitative estimate of drug-likeness (QED) is 0.354. The standard InChI is InChI=1S/C22H29FNSi.Ir/c1-16-10-11-19(20(23)12-16)21-14-18(13-17-8-6-5-7-9-17)22(15-24-21)25(2,3)4;/h10,12,14-15,17H,5-9,13H2,1-4H3;/q-1;/i1D3;. The summed E-state index contributed by atoms with van der Waals surface area (Å²) >= 11 is 0. The summed E-state index contributed by atoms with van der Waals surface area (Å²) < 4.78 is 37.0. The maximum Gasteiger partial charge on any atom is 0.0798 e. The molecule has 0 amide bonds. The normalized spacial score (nSPS) is 17.8. The summed E-state index contributed by atoms with van der Waals surface area (Å²) in [6.45, 7) is 4.60. The van der Waals surface area contributed by atoms with Gasteiger partial charge in [-0.1, -0.05) is 75.8 Å². The summed E-state index contributed by atoms with van der Waals surface area (Å²) in [5.41, 5.74) is 2.04. The molecule has 26 heavy (non-hydrogen) atoms. The average Bonchev–Trinajstić information content (AvgIpc) is 2.60. The Morgan fingerprint density at radius 1 is 1.23 bits per heavy atom. The van der Waals surface area contributed by atoms with Crippen molar-refractivity contribution < 1.29 is 28.6 Å². The minimum Gasteiger partial charge on any atom is -0.305 e. The molecule has 1 aromatic carbocycles. The zero-order valence-corrected chi connectivity index (χ0v) is 19.2. The molecule has 4 heteroatoms. The van der Waals surface area contributed by atoms with Crippen LogP contribution in [-0.4, -0.2) is 13.1 Å². The van der Waals surface area contributed by atoms with Crippen molar-refractivity contribution in [1.29, 1.82) is 0 Å². The maximum absolute atomic E-state index is 14.7. The molecule has 143 valence electrons. The van der Waals surface area contributed by atoms with Crippen molar-refractivity contribution in [3.05, 3.63) is 47.4 Å². The molecule has 1 saturated carbocycles. The van der Waals surface area contributed by atoms with Gasteiger partial charge in [-0.3, -0.25) is 4.39 Å². The topological polar surface area (TPSA) is 12.9 Å². The molecule has 0 aliphatic heterocycles. The molecule has 0 atom stereocenters. The van der Waals surface area contributed by atoms with Crippen LogP contribution in [-0.2, 0) is 26.5 Å². The first-order valence-corrected chi connectivity index (χ1v) is 12.8. The van der Waals surface area contributed by atoms with Crippen LogP contribution in [0.3, 0.4) is 0 Å². The Balaban J connectivity index is 0.00000300. The Labute approximate surface area is 176 Å². The van der Waals surface area contributed by atoms with Crippen LogP contribution in [0, 0.1) is 24.7 Å². The van der Waals surface area contributed by atoms with Crippen molar-refractivity contribution in [3.8, 4) is 11.3 Å². The molecule has 0 saturated heterocycles. The number of rotatable bonds is 4. The molecule has 1 aliphatic carbocycles. The summed E-state index contributed by atoms with van der Waals surface area (Å²) in [7, 11) is -1.57. The van der Waals surface area contributed by atoms with E-state index in [1.54, 1.807) is 0 Å². The monoisotopic (exact) mass is 550 g/mol. The number of halogens is 1. The van der Waals surface area contributed by atoms with Crippen molar-refractivity contribution in [1.82, 2.24) is 4.98 Å². The molecule has 3 rings (SSSR count). The fraction of sp³-hybridized carbons (Fsp3) is 0.500. The van der Waals surface area contributed by atoms with Gasteiger partial charge in [-0.25, -0.2) is 0 Å². The number of aromatic nitrogens is 1. The molecule has 1 fully saturated rings. The van der Waals surface area contributed by atoms with E-state index in [4.69, 9.17) is 4.11 Å². The summed E-state index contributed by atoms with van der Waals surface area (Å²) in [4.78, 5) is 4.54. The molecule has 1 aliphatic rings. The van der Waals surface area contributed by atoms with E-state index in [1.807, 2.05) is 12.3 Å². The van der Waals surface area contributed by atoms with Crippen molar-refractivity contribution in [2.75, 3.05) is 0 Å². The van der Waals surface area contributed by atoms with Gasteiger partial charge in [0.25, 0.3) is 0 Å². The zero-order valence-electron chi connectivity index (χ0n) is 18.8. The number of hydrogen-bond acceptors (Lipinski definition) is 1. The third kappa shape index (κ3) is 5.12. The van der Waals surface area contributed by atoms with Gasteiger partial charge in [0.1, 0.15) is 0 Å². The molecule has 0 N–H and O–H groups in total. The number of aryl methyl sites for hydroxylation is 1. The summed E-state index contributed by atoms with van der Waals surface area (Å²) in [5.74, 6) is 0.108. The molecule has 1 heterocycles. The van der Waals surface area contributed by atoms with Crippen LogP contribution in [0.5, 0.6) is 0 Å². The van der Waals surface area contributed by atoms with E-state index in [2.05, 4.69) is 30.7 Å². The van der Waals surface area contributed by atoms with Gasteiger partial charge in [0.05, 0.1) is 8.07 Å². The third-order valence-corrected chi connectivity index (χ3v) is 7.25. The minimum absolute atomic E-state index is 0. The predicted octanol–water partition coefficient (Wildman–Crippen LogP) is 5.66. The second kappa shape index (κ2) is 8.90. The van der Waals surface area contributed by atoms with Crippen LogP contribution < -0.4 is 5.19 Å². The summed E-state index contributed by atoms with van der Waals surface area (Å²) in [5, 5.41) is 1.33. The number of hydrogen-bond donors (Lipinski definition) is 0. The summed E-state index contributed by atoms with van der Waals surface area (Å²) in [6, 6.07) is 7.30. The van der Waals surface area contributed by atoms with Gasteiger partial charge in [-0.15, -0.1) is 23.8 Å². The first-order chi connectivity index (χ1) is 13.1. The smallest absolute Gasteiger partial charge is 0.0798 e. The van der Waals surface area contributed by atoms with Crippen LogP contribution in [0.4, 0.5) is 4.39 Å². The molecular weight excluding hydrogens is 518 g/mol. The van der Waals surface area contributed by atoms with Crippen molar-refractivity contribution in [3.63, 3.8) is 0 Å². The van der Waals surface area contributed by atoms with Crippen LogP contribution in [0.25, 0.3) is 11.3 Å². The number of benzene rings is 1. The van der Waals surface area contributed by atoms with Crippen molar-refractivity contribution >= 4 is 13.3 Å². The molecular formula is C22H29FIrNSi-. The average molecular weight is 550 g/mol. The molecule has 1 nitrogen and oxygen atoms in total. The van der Waals surface area contributed by atoms with Crippen LogP contribution >= 0.6 is 0 Å². The fourth-order valence-electron chi connectivity index (χ4n) is 3.85. The Morgan fingerprint density at radius 3 is 2.58 bits per heavy atom. The number of nitrogens with zero attached hydrogens (tertiary/aromatic N) is 1. The van der Waals surface area contributed by atoms with Crippen LogP contribution in [0.15, 0.2) is 24.4 Å². The Morgan fingerprint density at radius 2 is 1.96 bits per heavy atom. The largest absolute Gasteiger partial charge is 0.305 e. The molecule has 0 unspecified atom stereocenters. The van der Waals surface area contributed by atoms with E-state index < -0.39 is 20.7 Å².